The van der Waals surface area contributed by atoms with Gasteiger partial charge in [0.2, 0.25) is 0 Å². The summed E-state index contributed by atoms with van der Waals surface area (Å²) in [6.07, 6.45) is 0. The normalized spacial score (nSPS) is 8.88. The number of amides is 1. The molecule has 0 heterocycles. The van der Waals surface area contributed by atoms with E-state index in [0.717, 1.165) is 10.8 Å². The number of carbonyl (C=O) groups is 1. The lowest BCUT2D eigenvalue weighted by Gasteiger charge is -2.06. The predicted molar refractivity (Wildman–Crippen MR) is 35.5 cm³/mol. The molecule has 8 heavy (non-hydrogen) atoms. The van der Waals surface area contributed by atoms with Crippen LogP contribution in [0.3, 0.4) is 0 Å². The Balaban J connectivity index is 3.33. The summed E-state index contributed by atoms with van der Waals surface area (Å²) in [5.41, 5.74) is 0. The predicted octanol–water partition coefficient (Wildman–Crippen LogP) is 0.665. The molecule has 0 saturated heterocycles. The Hall–Kier alpha value is -0.220. The van der Waals surface area contributed by atoms with Crippen molar-refractivity contribution in [1.29, 1.82) is 0 Å². The van der Waals surface area contributed by atoms with Crippen LogP contribution < -0.4 is 5.84 Å². The van der Waals surface area contributed by atoms with E-state index in [1.807, 2.05) is 6.92 Å². The van der Waals surface area contributed by atoms with Gasteiger partial charge in [-0.3, -0.25) is 9.80 Å². The van der Waals surface area contributed by atoms with E-state index in [0.29, 0.717) is 0 Å². The molecule has 48 valence electrons. The summed E-state index contributed by atoms with van der Waals surface area (Å²) in [4.78, 5) is 10.5. The molecule has 0 radical (unpaired) electrons. The Morgan fingerprint density at radius 3 is 2.50 bits per heavy atom. The third-order valence-corrected chi connectivity index (χ3v) is 1.38. The smallest absolute Gasteiger partial charge is 0.275 e. The number of carbonyl (C=O) groups excluding carboxylic acids is 1. The molecule has 1 amide bonds. The summed E-state index contributed by atoms with van der Waals surface area (Å²) in [6.45, 7) is 1.91. The van der Waals surface area contributed by atoms with Crippen molar-refractivity contribution >= 4 is 17.0 Å². The summed E-state index contributed by atoms with van der Waals surface area (Å²) < 4.78 is 0. The van der Waals surface area contributed by atoms with Crippen LogP contribution >= 0.6 is 11.8 Å². The monoisotopic (exact) mass is 134 g/mol. The minimum Gasteiger partial charge on any atom is -0.275 e. The van der Waals surface area contributed by atoms with E-state index in [-0.39, 0.29) is 5.24 Å². The quantitative estimate of drug-likeness (QED) is 0.325. The minimum atomic E-state index is -0.0903. The van der Waals surface area contributed by atoms with Gasteiger partial charge in [-0.05, 0) is 5.75 Å². The summed E-state index contributed by atoms with van der Waals surface area (Å²) >= 11 is 1.20. The van der Waals surface area contributed by atoms with Gasteiger partial charge in [0.1, 0.15) is 0 Å². The maximum atomic E-state index is 10.5. The fourth-order valence-corrected chi connectivity index (χ4v) is 0.676. The highest BCUT2D eigenvalue weighted by Gasteiger charge is 2.00. The van der Waals surface area contributed by atoms with Crippen LogP contribution in [0.1, 0.15) is 6.92 Å². The average Bonchev–Trinajstić information content (AvgIpc) is 1.67. The molecule has 0 saturated carbocycles. The number of nitrogens with two attached hydrogens (primary N) is 1. The van der Waals surface area contributed by atoms with E-state index >= 15 is 0 Å². The molecule has 0 bridgehead atoms. The van der Waals surface area contributed by atoms with Crippen LogP contribution in [0.5, 0.6) is 0 Å². The molecular formula is C4H10N2OS. The largest absolute Gasteiger partial charge is 0.295 e. The standard InChI is InChI=1S/C4H10N2OS/c1-3-8-4(7)6(2)5/h3,5H2,1-2H3. The second kappa shape index (κ2) is 3.74. The molecule has 0 atom stereocenters. The number of hydrogen-bond acceptors (Lipinski definition) is 3. The number of rotatable bonds is 1. The maximum Gasteiger partial charge on any atom is 0.295 e. The number of thioether (sulfide) groups is 1. The van der Waals surface area contributed by atoms with Crippen molar-refractivity contribution in [3.63, 3.8) is 0 Å². The van der Waals surface area contributed by atoms with Gasteiger partial charge in [0, 0.05) is 7.05 Å². The molecule has 0 aromatic rings. The lowest BCUT2D eigenvalue weighted by atomic mass is 11.0. The summed E-state index contributed by atoms with van der Waals surface area (Å²) in [6, 6.07) is 0. The van der Waals surface area contributed by atoms with Crippen molar-refractivity contribution in [2.24, 2.45) is 5.84 Å². The Morgan fingerprint density at radius 2 is 2.38 bits per heavy atom. The Morgan fingerprint density at radius 1 is 1.88 bits per heavy atom. The van der Waals surface area contributed by atoms with Crippen LogP contribution in [0.4, 0.5) is 4.79 Å². The Bertz CT molecular complexity index is 84.1. The zero-order valence-corrected chi connectivity index (χ0v) is 5.86. The molecule has 0 unspecified atom stereocenters. The van der Waals surface area contributed by atoms with Gasteiger partial charge in [0.25, 0.3) is 5.24 Å². The van der Waals surface area contributed by atoms with Crippen LogP contribution in [0.2, 0.25) is 0 Å². The van der Waals surface area contributed by atoms with Crippen LogP contribution in [-0.4, -0.2) is 23.0 Å². The van der Waals surface area contributed by atoms with Crippen LogP contribution in [0.25, 0.3) is 0 Å². The summed E-state index contributed by atoms with van der Waals surface area (Å²) in [5, 5.41) is 0.987. The van der Waals surface area contributed by atoms with Gasteiger partial charge in [0.05, 0.1) is 0 Å². The Kier molecular flexibility index (Phi) is 3.64. The van der Waals surface area contributed by atoms with Crippen molar-refractivity contribution < 1.29 is 4.79 Å². The van der Waals surface area contributed by atoms with Crippen molar-refractivity contribution in [1.82, 2.24) is 5.01 Å². The molecule has 0 fully saturated rings. The molecule has 3 nitrogen and oxygen atoms in total. The van der Waals surface area contributed by atoms with Gasteiger partial charge in [-0.15, -0.1) is 0 Å². The van der Waals surface area contributed by atoms with Crippen molar-refractivity contribution in [3.05, 3.63) is 0 Å². The first-order valence-electron chi connectivity index (χ1n) is 2.33. The first-order chi connectivity index (χ1) is 3.68. The summed E-state index contributed by atoms with van der Waals surface area (Å²) in [7, 11) is 1.53. The van der Waals surface area contributed by atoms with E-state index in [2.05, 4.69) is 0 Å². The van der Waals surface area contributed by atoms with Crippen molar-refractivity contribution in [2.45, 2.75) is 6.92 Å². The van der Waals surface area contributed by atoms with Gasteiger partial charge in [-0.25, -0.2) is 5.84 Å². The number of hydrazine groups is 1. The third kappa shape index (κ3) is 2.87. The van der Waals surface area contributed by atoms with Crippen LogP contribution in [-0.2, 0) is 0 Å². The first-order valence-corrected chi connectivity index (χ1v) is 3.32. The molecule has 0 spiro atoms. The maximum absolute atomic E-state index is 10.5. The molecule has 0 aromatic carbocycles. The first kappa shape index (κ1) is 7.78. The van der Waals surface area contributed by atoms with E-state index in [1.54, 1.807) is 0 Å². The number of hydrogen-bond donors (Lipinski definition) is 1. The molecular weight excluding hydrogens is 124 g/mol. The average molecular weight is 134 g/mol. The zero-order valence-electron chi connectivity index (χ0n) is 5.05. The number of nitrogens with zero attached hydrogens (tertiary/aromatic N) is 1. The van der Waals surface area contributed by atoms with E-state index in [1.165, 1.54) is 18.8 Å². The highest BCUT2D eigenvalue weighted by atomic mass is 32.2. The molecule has 0 aromatic heterocycles. The highest BCUT2D eigenvalue weighted by molar-refractivity contribution is 8.13. The van der Waals surface area contributed by atoms with E-state index in [9.17, 15) is 4.79 Å². The molecule has 2 N–H and O–H groups in total. The van der Waals surface area contributed by atoms with Gasteiger partial charge in [-0.1, -0.05) is 18.7 Å². The molecule has 4 heteroatoms. The van der Waals surface area contributed by atoms with E-state index < -0.39 is 0 Å². The van der Waals surface area contributed by atoms with Gasteiger partial charge >= 0.3 is 0 Å². The van der Waals surface area contributed by atoms with E-state index in [4.69, 9.17) is 5.84 Å². The van der Waals surface area contributed by atoms with Gasteiger partial charge in [0.15, 0.2) is 0 Å². The third-order valence-electron chi connectivity index (χ3n) is 0.556. The zero-order chi connectivity index (χ0) is 6.57. The fourth-order valence-electron chi connectivity index (χ4n) is 0.225. The lowest BCUT2D eigenvalue weighted by molar-refractivity contribution is 0.234. The molecule has 0 aliphatic rings. The Labute approximate surface area is 53.2 Å². The molecule has 0 aliphatic carbocycles. The van der Waals surface area contributed by atoms with Gasteiger partial charge < -0.3 is 0 Å². The molecule has 0 rings (SSSR count). The SMILES string of the molecule is CCSC(=O)N(C)N. The second-order valence-electron chi connectivity index (χ2n) is 1.31. The van der Waals surface area contributed by atoms with Crippen molar-refractivity contribution in [2.75, 3.05) is 12.8 Å². The topological polar surface area (TPSA) is 46.3 Å². The minimum absolute atomic E-state index is 0.0903. The van der Waals surface area contributed by atoms with Gasteiger partial charge in [-0.2, -0.15) is 0 Å². The highest BCUT2D eigenvalue weighted by Crippen LogP contribution is 2.01. The second-order valence-corrected chi connectivity index (χ2v) is 2.53. The molecule has 0 aliphatic heterocycles. The fraction of sp³-hybridized carbons (Fsp3) is 0.750. The van der Waals surface area contributed by atoms with Crippen LogP contribution in [0.15, 0.2) is 0 Å². The van der Waals surface area contributed by atoms with Crippen LogP contribution in [0, 0.1) is 0 Å². The van der Waals surface area contributed by atoms with Crippen molar-refractivity contribution in [3.8, 4) is 0 Å². The summed E-state index contributed by atoms with van der Waals surface area (Å²) in [5.74, 6) is 5.86. The lowest BCUT2D eigenvalue weighted by Crippen LogP contribution is -2.29.